The number of aromatic nitrogens is 1. The van der Waals surface area contributed by atoms with Crippen molar-refractivity contribution in [3.05, 3.63) is 23.4 Å². The van der Waals surface area contributed by atoms with Gasteiger partial charge in [0.1, 0.15) is 6.10 Å². The molecule has 2 heterocycles. The molecule has 2 N–H and O–H groups in total. The maximum atomic E-state index is 13.2. The van der Waals surface area contributed by atoms with Gasteiger partial charge in [0.05, 0.1) is 19.8 Å². The minimum Gasteiger partial charge on any atom is -0.481 e. The zero-order chi connectivity index (χ0) is 21.7. The highest BCUT2D eigenvalue weighted by molar-refractivity contribution is 5.82. The fourth-order valence-electron chi connectivity index (χ4n) is 3.74. The number of methoxy groups -OCH3 is 1. The number of morpholine rings is 1. The summed E-state index contributed by atoms with van der Waals surface area (Å²) in [6, 6.07) is 3.98. The Labute approximate surface area is 177 Å². The SMILES string of the molecule is COc1cc([C@@H](C)N(C(=O)[C@H]2CNCCO2)C2CC2)cc(CCCN(C)C(=O)O)n1. The Kier molecular flexibility index (Phi) is 7.49. The fourth-order valence-corrected chi connectivity index (χ4v) is 3.74. The molecule has 2 amide bonds. The molecule has 0 bridgehead atoms. The molecular formula is C21H32N4O5. The molecule has 1 aromatic heterocycles. The topological polar surface area (TPSA) is 104 Å². The minimum absolute atomic E-state index is 0.0256. The monoisotopic (exact) mass is 420 g/mol. The van der Waals surface area contributed by atoms with Gasteiger partial charge in [-0.05, 0) is 44.2 Å². The van der Waals surface area contributed by atoms with Crippen LogP contribution in [0.3, 0.4) is 0 Å². The van der Waals surface area contributed by atoms with E-state index in [1.54, 1.807) is 14.2 Å². The van der Waals surface area contributed by atoms with E-state index in [1.165, 1.54) is 4.90 Å². The Hall–Kier alpha value is -2.39. The van der Waals surface area contributed by atoms with Crippen molar-refractivity contribution < 1.29 is 24.2 Å². The van der Waals surface area contributed by atoms with Crippen molar-refractivity contribution in [1.29, 1.82) is 0 Å². The van der Waals surface area contributed by atoms with E-state index in [0.717, 1.165) is 30.6 Å². The van der Waals surface area contributed by atoms with E-state index in [1.807, 2.05) is 24.0 Å². The number of hydrogen-bond acceptors (Lipinski definition) is 6. The summed E-state index contributed by atoms with van der Waals surface area (Å²) in [7, 11) is 3.13. The first-order chi connectivity index (χ1) is 14.4. The van der Waals surface area contributed by atoms with Crippen molar-refractivity contribution in [2.45, 2.75) is 50.8 Å². The second-order valence-electron chi connectivity index (χ2n) is 7.96. The van der Waals surface area contributed by atoms with Gasteiger partial charge in [-0.2, -0.15) is 0 Å². The van der Waals surface area contributed by atoms with Gasteiger partial charge < -0.3 is 29.7 Å². The number of hydrogen-bond donors (Lipinski definition) is 2. The standard InChI is InChI=1S/C21H32N4O5/c1-14(25(17-6-7-17)20(26)18-13-22-8-10-30-18)15-11-16(23-19(12-15)29-3)5-4-9-24(2)21(27)28/h11-12,14,17-18,22H,4-10,13H2,1-3H3,(H,27,28)/t14-,18-/m1/s1. The molecule has 9 nitrogen and oxygen atoms in total. The maximum absolute atomic E-state index is 13.2. The highest BCUT2D eigenvalue weighted by Crippen LogP contribution is 2.36. The van der Waals surface area contributed by atoms with Crippen LogP contribution < -0.4 is 10.1 Å². The van der Waals surface area contributed by atoms with Gasteiger partial charge in [-0.3, -0.25) is 4.79 Å². The molecule has 2 aliphatic rings. The summed E-state index contributed by atoms with van der Waals surface area (Å²) < 4.78 is 11.1. The molecular weight excluding hydrogens is 388 g/mol. The van der Waals surface area contributed by atoms with Crippen molar-refractivity contribution in [1.82, 2.24) is 20.1 Å². The number of pyridine rings is 1. The Bertz CT molecular complexity index is 749. The van der Waals surface area contributed by atoms with E-state index in [0.29, 0.717) is 38.4 Å². The maximum Gasteiger partial charge on any atom is 0.407 e. The van der Waals surface area contributed by atoms with Crippen LogP contribution in [0.5, 0.6) is 5.88 Å². The van der Waals surface area contributed by atoms with Crippen LogP contribution in [0.15, 0.2) is 12.1 Å². The Morgan fingerprint density at radius 1 is 1.40 bits per heavy atom. The third-order valence-electron chi connectivity index (χ3n) is 5.64. The lowest BCUT2D eigenvalue weighted by atomic mass is 10.0. The number of aryl methyl sites for hydroxylation is 1. The summed E-state index contributed by atoms with van der Waals surface area (Å²) in [5, 5.41) is 12.2. The second kappa shape index (κ2) is 10.1. The molecule has 1 aliphatic heterocycles. The summed E-state index contributed by atoms with van der Waals surface area (Å²) in [4.78, 5) is 31.9. The zero-order valence-electron chi connectivity index (χ0n) is 18.0. The van der Waals surface area contributed by atoms with Gasteiger partial charge in [0.25, 0.3) is 5.91 Å². The zero-order valence-corrected chi connectivity index (χ0v) is 18.0. The number of carbonyl (C=O) groups is 2. The first-order valence-electron chi connectivity index (χ1n) is 10.5. The van der Waals surface area contributed by atoms with Gasteiger partial charge in [-0.15, -0.1) is 0 Å². The number of ether oxygens (including phenoxy) is 2. The molecule has 166 valence electrons. The molecule has 30 heavy (non-hydrogen) atoms. The number of carboxylic acid groups (broad SMARTS) is 1. The van der Waals surface area contributed by atoms with E-state index in [4.69, 9.17) is 14.6 Å². The molecule has 0 unspecified atom stereocenters. The molecule has 3 rings (SSSR count). The smallest absolute Gasteiger partial charge is 0.407 e. The molecule has 0 aromatic carbocycles. The average Bonchev–Trinajstić information content (AvgIpc) is 3.59. The van der Waals surface area contributed by atoms with Crippen molar-refractivity contribution >= 4 is 12.0 Å². The molecule has 1 saturated carbocycles. The number of carbonyl (C=O) groups excluding carboxylic acids is 1. The van der Waals surface area contributed by atoms with Gasteiger partial charge in [-0.1, -0.05) is 0 Å². The van der Waals surface area contributed by atoms with Gasteiger partial charge in [0, 0.05) is 44.5 Å². The van der Waals surface area contributed by atoms with E-state index in [2.05, 4.69) is 10.3 Å². The van der Waals surface area contributed by atoms with E-state index in [9.17, 15) is 9.59 Å². The highest BCUT2D eigenvalue weighted by atomic mass is 16.5. The second-order valence-corrected chi connectivity index (χ2v) is 7.96. The molecule has 1 aromatic rings. The van der Waals surface area contributed by atoms with Crippen LogP contribution in [0, 0.1) is 0 Å². The van der Waals surface area contributed by atoms with Crippen molar-refractivity contribution in [3.63, 3.8) is 0 Å². The lowest BCUT2D eigenvalue weighted by Crippen LogP contribution is -2.50. The van der Waals surface area contributed by atoms with Crippen LogP contribution in [-0.4, -0.2) is 84.4 Å². The van der Waals surface area contributed by atoms with Gasteiger partial charge in [-0.25, -0.2) is 9.78 Å². The summed E-state index contributed by atoms with van der Waals surface area (Å²) in [6.45, 7) is 4.31. The van der Waals surface area contributed by atoms with Crippen LogP contribution in [0.25, 0.3) is 0 Å². The van der Waals surface area contributed by atoms with Crippen LogP contribution in [0.1, 0.15) is 43.5 Å². The molecule has 1 saturated heterocycles. The van der Waals surface area contributed by atoms with Gasteiger partial charge in [0.2, 0.25) is 5.88 Å². The first kappa shape index (κ1) is 22.3. The average molecular weight is 421 g/mol. The quantitative estimate of drug-likeness (QED) is 0.626. The Morgan fingerprint density at radius 3 is 2.77 bits per heavy atom. The predicted molar refractivity (Wildman–Crippen MR) is 111 cm³/mol. The summed E-state index contributed by atoms with van der Waals surface area (Å²) in [6.07, 6.45) is 1.91. The molecule has 2 fully saturated rings. The first-order valence-corrected chi connectivity index (χ1v) is 10.5. The van der Waals surface area contributed by atoms with Crippen molar-refractivity contribution in [2.24, 2.45) is 0 Å². The lowest BCUT2D eigenvalue weighted by Gasteiger charge is -2.34. The van der Waals surface area contributed by atoms with E-state index < -0.39 is 12.2 Å². The van der Waals surface area contributed by atoms with Crippen molar-refractivity contribution in [3.8, 4) is 5.88 Å². The normalized spacial score (nSPS) is 19.8. The molecule has 0 radical (unpaired) electrons. The lowest BCUT2D eigenvalue weighted by molar-refractivity contribution is -0.148. The minimum atomic E-state index is -0.944. The van der Waals surface area contributed by atoms with E-state index >= 15 is 0 Å². The molecule has 0 spiro atoms. The van der Waals surface area contributed by atoms with Gasteiger partial charge in [0.15, 0.2) is 0 Å². The number of nitrogens with zero attached hydrogens (tertiary/aromatic N) is 3. The third kappa shape index (κ3) is 5.60. The van der Waals surface area contributed by atoms with Crippen LogP contribution in [0.2, 0.25) is 0 Å². The van der Waals surface area contributed by atoms with Crippen LogP contribution in [0.4, 0.5) is 4.79 Å². The molecule has 9 heteroatoms. The molecule has 2 atom stereocenters. The summed E-state index contributed by atoms with van der Waals surface area (Å²) in [5.41, 5.74) is 1.79. The van der Waals surface area contributed by atoms with Crippen LogP contribution in [-0.2, 0) is 16.0 Å². The largest absolute Gasteiger partial charge is 0.481 e. The van der Waals surface area contributed by atoms with Gasteiger partial charge >= 0.3 is 6.09 Å². The van der Waals surface area contributed by atoms with E-state index in [-0.39, 0.29) is 18.0 Å². The summed E-state index contributed by atoms with van der Waals surface area (Å²) in [5.74, 6) is 0.525. The highest BCUT2D eigenvalue weighted by Gasteiger charge is 2.40. The fraction of sp³-hybridized carbons (Fsp3) is 0.667. The Morgan fingerprint density at radius 2 is 2.17 bits per heavy atom. The number of rotatable bonds is 9. The van der Waals surface area contributed by atoms with Crippen LogP contribution >= 0.6 is 0 Å². The number of nitrogens with one attached hydrogen (secondary N) is 1. The summed E-state index contributed by atoms with van der Waals surface area (Å²) >= 11 is 0. The molecule has 1 aliphatic carbocycles. The number of amides is 2. The predicted octanol–water partition coefficient (Wildman–Crippen LogP) is 1.67. The van der Waals surface area contributed by atoms with Crippen molar-refractivity contribution in [2.75, 3.05) is 40.4 Å². The third-order valence-corrected chi connectivity index (χ3v) is 5.64. The Balaban J connectivity index is 1.74.